The molecule has 4 aromatic rings. The van der Waals surface area contributed by atoms with E-state index in [0.717, 1.165) is 44.4 Å². The fourth-order valence-electron chi connectivity index (χ4n) is 4.54. The second-order valence-corrected chi connectivity index (χ2v) is 9.52. The third-order valence-corrected chi connectivity index (χ3v) is 7.32. The average molecular weight is 509 g/mol. The van der Waals surface area contributed by atoms with E-state index in [2.05, 4.69) is 10.6 Å². The van der Waals surface area contributed by atoms with Gasteiger partial charge in [-0.3, -0.25) is 24.6 Å². The number of nitro benzene ring substituents is 1. The molecule has 0 unspecified atom stereocenters. The summed E-state index contributed by atoms with van der Waals surface area (Å²) in [6.07, 6.45) is 1.72. The molecule has 0 spiro atoms. The van der Waals surface area contributed by atoms with Crippen molar-refractivity contribution in [1.82, 2.24) is 9.47 Å². The van der Waals surface area contributed by atoms with Crippen LogP contribution in [0.15, 0.2) is 77.7 Å². The fourth-order valence-corrected chi connectivity index (χ4v) is 5.36. The van der Waals surface area contributed by atoms with Gasteiger partial charge in [0.1, 0.15) is 0 Å². The standard InChI is InChI=1S/C28H20N4O4S/c1-18-23(22-11-5-7-13-25(22)30(18)16-20-9-3-2-8-19(20)15-29)14-26-27(33)31(28(34)37-26)17-21-10-4-6-12-24(21)32(35)36/h2-14H,16-17H2,1H3/b26-14-. The number of carbonyl (C=O) groups excluding carboxylic acids is 2. The number of hydrogen-bond donors (Lipinski definition) is 0. The number of nitriles is 1. The highest BCUT2D eigenvalue weighted by atomic mass is 32.2. The van der Waals surface area contributed by atoms with Crippen LogP contribution >= 0.6 is 11.8 Å². The van der Waals surface area contributed by atoms with E-state index < -0.39 is 16.1 Å². The van der Waals surface area contributed by atoms with E-state index in [-0.39, 0.29) is 17.1 Å². The van der Waals surface area contributed by atoms with Gasteiger partial charge in [-0.25, -0.2) is 0 Å². The highest BCUT2D eigenvalue weighted by Gasteiger charge is 2.36. The maximum absolute atomic E-state index is 13.2. The second kappa shape index (κ2) is 9.76. The van der Waals surface area contributed by atoms with Gasteiger partial charge < -0.3 is 4.57 Å². The molecule has 0 radical (unpaired) electrons. The number of fused-ring (bicyclic) bond motifs is 1. The Balaban J connectivity index is 1.52. The summed E-state index contributed by atoms with van der Waals surface area (Å²) in [6.45, 7) is 2.24. The lowest BCUT2D eigenvalue weighted by Crippen LogP contribution is -2.27. The minimum Gasteiger partial charge on any atom is -0.340 e. The van der Waals surface area contributed by atoms with Crippen LogP contribution in [0.2, 0.25) is 0 Å². The van der Waals surface area contributed by atoms with Gasteiger partial charge in [0.2, 0.25) is 0 Å². The molecule has 2 heterocycles. The zero-order valence-electron chi connectivity index (χ0n) is 19.7. The number of rotatable bonds is 6. The highest BCUT2D eigenvalue weighted by Crippen LogP contribution is 2.37. The van der Waals surface area contributed by atoms with Gasteiger partial charge in [0.25, 0.3) is 16.8 Å². The molecule has 182 valence electrons. The van der Waals surface area contributed by atoms with Gasteiger partial charge in [-0.1, -0.05) is 54.6 Å². The van der Waals surface area contributed by atoms with E-state index in [4.69, 9.17) is 0 Å². The topological polar surface area (TPSA) is 109 Å². The Morgan fingerprint density at radius 2 is 1.65 bits per heavy atom. The summed E-state index contributed by atoms with van der Waals surface area (Å²) in [5, 5.41) is 21.3. The molecule has 1 fully saturated rings. The van der Waals surface area contributed by atoms with Crippen LogP contribution in [0.4, 0.5) is 10.5 Å². The number of amides is 2. The number of nitrogens with zero attached hydrogens (tertiary/aromatic N) is 4. The number of nitro groups is 1. The van der Waals surface area contributed by atoms with E-state index in [0.29, 0.717) is 17.7 Å². The maximum Gasteiger partial charge on any atom is 0.293 e. The lowest BCUT2D eigenvalue weighted by atomic mass is 10.1. The minimum atomic E-state index is -0.521. The van der Waals surface area contributed by atoms with Crippen molar-refractivity contribution in [3.05, 3.63) is 116 Å². The van der Waals surface area contributed by atoms with Crippen LogP contribution in [-0.2, 0) is 17.9 Å². The third-order valence-electron chi connectivity index (χ3n) is 6.41. The first-order valence-electron chi connectivity index (χ1n) is 11.4. The van der Waals surface area contributed by atoms with Gasteiger partial charge in [0, 0.05) is 40.3 Å². The van der Waals surface area contributed by atoms with Crippen molar-refractivity contribution in [3.63, 3.8) is 0 Å². The van der Waals surface area contributed by atoms with E-state index in [9.17, 15) is 25.0 Å². The van der Waals surface area contributed by atoms with Gasteiger partial charge in [-0.15, -0.1) is 0 Å². The number of carbonyl (C=O) groups is 2. The molecule has 3 aromatic carbocycles. The molecule has 0 atom stereocenters. The Bertz CT molecular complexity index is 1660. The van der Waals surface area contributed by atoms with Crippen LogP contribution in [0.3, 0.4) is 0 Å². The van der Waals surface area contributed by atoms with Crippen LogP contribution in [0.5, 0.6) is 0 Å². The van der Waals surface area contributed by atoms with Crippen LogP contribution in [0.1, 0.15) is 27.9 Å². The Morgan fingerprint density at radius 3 is 2.41 bits per heavy atom. The minimum absolute atomic E-state index is 0.137. The van der Waals surface area contributed by atoms with Crippen molar-refractivity contribution in [1.29, 1.82) is 5.26 Å². The van der Waals surface area contributed by atoms with E-state index >= 15 is 0 Å². The summed E-state index contributed by atoms with van der Waals surface area (Å²) < 4.78 is 2.09. The van der Waals surface area contributed by atoms with Crippen LogP contribution in [0.25, 0.3) is 17.0 Å². The first-order chi connectivity index (χ1) is 17.9. The fraction of sp³-hybridized carbons (Fsp3) is 0.107. The van der Waals surface area contributed by atoms with Crippen molar-refractivity contribution < 1.29 is 14.5 Å². The molecule has 0 saturated carbocycles. The zero-order valence-corrected chi connectivity index (χ0v) is 20.6. The molecule has 37 heavy (non-hydrogen) atoms. The molecule has 0 bridgehead atoms. The molecule has 0 N–H and O–H groups in total. The van der Waals surface area contributed by atoms with Crippen LogP contribution in [0, 0.1) is 28.4 Å². The smallest absolute Gasteiger partial charge is 0.293 e. The first kappa shape index (κ1) is 24.0. The molecular weight excluding hydrogens is 488 g/mol. The zero-order chi connectivity index (χ0) is 26.1. The van der Waals surface area contributed by atoms with Crippen molar-refractivity contribution in [2.75, 3.05) is 0 Å². The van der Waals surface area contributed by atoms with Crippen molar-refractivity contribution in [2.24, 2.45) is 0 Å². The number of aromatic nitrogens is 1. The molecule has 1 aliphatic rings. The summed E-state index contributed by atoms with van der Waals surface area (Å²) in [7, 11) is 0. The lowest BCUT2D eigenvalue weighted by Gasteiger charge is -2.12. The molecule has 1 saturated heterocycles. The molecule has 1 aromatic heterocycles. The van der Waals surface area contributed by atoms with Crippen LogP contribution < -0.4 is 0 Å². The van der Waals surface area contributed by atoms with Crippen molar-refractivity contribution in [3.8, 4) is 6.07 Å². The van der Waals surface area contributed by atoms with E-state index in [1.807, 2.05) is 49.4 Å². The Hall–Kier alpha value is -4.68. The SMILES string of the molecule is Cc1c(/C=C2\SC(=O)N(Cc3ccccc3[N+](=O)[O-])C2=O)c2ccccc2n1Cc1ccccc1C#N. The van der Waals surface area contributed by atoms with Gasteiger partial charge in [-0.05, 0) is 42.5 Å². The number of hydrogen-bond acceptors (Lipinski definition) is 6. The van der Waals surface area contributed by atoms with Gasteiger partial charge in [0.05, 0.1) is 28.0 Å². The molecule has 1 aliphatic heterocycles. The molecule has 0 aliphatic carbocycles. The second-order valence-electron chi connectivity index (χ2n) is 8.53. The first-order valence-corrected chi connectivity index (χ1v) is 12.2. The predicted molar refractivity (Wildman–Crippen MR) is 142 cm³/mol. The summed E-state index contributed by atoms with van der Waals surface area (Å²) >= 11 is 0.823. The summed E-state index contributed by atoms with van der Waals surface area (Å²) in [4.78, 5) is 38.1. The van der Waals surface area contributed by atoms with Crippen molar-refractivity contribution in [2.45, 2.75) is 20.0 Å². The molecular formula is C28H20N4O4S. The predicted octanol–water partition coefficient (Wildman–Crippen LogP) is 6.01. The van der Waals surface area contributed by atoms with Crippen LogP contribution in [-0.4, -0.2) is 25.5 Å². The largest absolute Gasteiger partial charge is 0.340 e. The monoisotopic (exact) mass is 508 g/mol. The number of imide groups is 1. The highest BCUT2D eigenvalue weighted by molar-refractivity contribution is 8.18. The lowest BCUT2D eigenvalue weighted by molar-refractivity contribution is -0.385. The van der Waals surface area contributed by atoms with E-state index in [1.165, 1.54) is 6.07 Å². The summed E-state index contributed by atoms with van der Waals surface area (Å²) in [5.41, 5.74) is 4.27. The molecule has 8 nitrogen and oxygen atoms in total. The molecule has 5 rings (SSSR count). The third kappa shape index (κ3) is 4.39. The number of para-hydroxylation sites is 2. The quantitative estimate of drug-likeness (QED) is 0.179. The van der Waals surface area contributed by atoms with Gasteiger partial charge >= 0.3 is 0 Å². The average Bonchev–Trinajstić information content (AvgIpc) is 3.32. The van der Waals surface area contributed by atoms with Gasteiger partial charge in [0.15, 0.2) is 0 Å². The van der Waals surface area contributed by atoms with E-state index in [1.54, 1.807) is 30.3 Å². The normalized spacial score (nSPS) is 14.5. The summed E-state index contributed by atoms with van der Waals surface area (Å²) in [5.74, 6) is -0.487. The molecule has 2 amide bonds. The Kier molecular flexibility index (Phi) is 6.34. The van der Waals surface area contributed by atoms with Crippen molar-refractivity contribution >= 4 is 45.6 Å². The maximum atomic E-state index is 13.2. The van der Waals surface area contributed by atoms with Gasteiger partial charge in [-0.2, -0.15) is 5.26 Å². The number of thioether (sulfide) groups is 1. The Morgan fingerprint density at radius 1 is 0.973 bits per heavy atom. The molecule has 9 heteroatoms. The number of benzene rings is 3. The Labute approximate surface area is 216 Å². The summed E-state index contributed by atoms with van der Waals surface area (Å²) in [6, 6.07) is 23.5.